The van der Waals surface area contributed by atoms with Gasteiger partial charge in [0, 0.05) is 62.5 Å². The van der Waals surface area contributed by atoms with E-state index in [4.69, 9.17) is 21.1 Å². The molecule has 2 aromatic rings. The zero-order valence-electron chi connectivity index (χ0n) is 19.8. The summed E-state index contributed by atoms with van der Waals surface area (Å²) in [5, 5.41) is 7.17. The number of carbonyl (C=O) groups excluding carboxylic acids is 3. The second-order valence-corrected chi connectivity index (χ2v) is 9.44. The van der Waals surface area contributed by atoms with Crippen molar-refractivity contribution in [2.24, 2.45) is 0 Å². The molecular weight excluding hydrogens is 462 g/mol. The van der Waals surface area contributed by atoms with Crippen LogP contribution in [0.4, 0.5) is 10.6 Å². The van der Waals surface area contributed by atoms with Crippen LogP contribution in [-0.2, 0) is 20.9 Å². The summed E-state index contributed by atoms with van der Waals surface area (Å²) in [6.45, 7) is 9.51. The Morgan fingerprint density at radius 3 is 2.47 bits per heavy atom. The predicted octanol–water partition coefficient (Wildman–Crippen LogP) is 3.00. The van der Waals surface area contributed by atoms with Crippen LogP contribution in [0.2, 0.25) is 5.02 Å². The molecule has 11 heteroatoms. The molecule has 0 saturated carbocycles. The van der Waals surface area contributed by atoms with Crippen molar-refractivity contribution in [3.63, 3.8) is 0 Å². The largest absolute Gasteiger partial charge is 0.482 e. The molecule has 3 rings (SSSR count). The zero-order chi connectivity index (χ0) is 24.9. The predicted molar refractivity (Wildman–Crippen MR) is 127 cm³/mol. The number of hydrogen-bond donors (Lipinski definition) is 1. The fourth-order valence-electron chi connectivity index (χ4n) is 3.46. The average Bonchev–Trinajstić information content (AvgIpc) is 3.20. The maximum absolute atomic E-state index is 12.7. The minimum Gasteiger partial charge on any atom is -0.482 e. The monoisotopic (exact) mass is 491 g/mol. The standard InChI is InChI=1S/C23H30ClN5O5/c1-16(30)25-20-7-8-29(26-20)22(32)28-11-9-27(10-12-28)14-17-5-6-18(24)13-19(17)33-15-21(31)34-23(2,3)4/h5-8,13H,9-12,14-15H2,1-4H3,(H,25,26,30). The number of ether oxygens (including phenoxy) is 2. The molecule has 0 aliphatic carbocycles. The van der Waals surface area contributed by atoms with E-state index >= 15 is 0 Å². The van der Waals surface area contributed by atoms with Crippen LogP contribution in [0, 0.1) is 0 Å². The first-order valence-corrected chi connectivity index (χ1v) is 11.4. The molecular formula is C23H30ClN5O5. The topological polar surface area (TPSA) is 106 Å². The van der Waals surface area contributed by atoms with Crippen LogP contribution in [-0.4, -0.2) is 75.9 Å². The van der Waals surface area contributed by atoms with Crippen LogP contribution >= 0.6 is 11.6 Å². The summed E-state index contributed by atoms with van der Waals surface area (Å²) in [7, 11) is 0. The highest BCUT2D eigenvalue weighted by atomic mass is 35.5. The third kappa shape index (κ3) is 7.46. The number of halogens is 1. The van der Waals surface area contributed by atoms with Gasteiger partial charge in [0.1, 0.15) is 11.4 Å². The van der Waals surface area contributed by atoms with E-state index in [1.54, 1.807) is 43.9 Å². The van der Waals surface area contributed by atoms with Gasteiger partial charge in [0.2, 0.25) is 5.91 Å². The smallest absolute Gasteiger partial charge is 0.344 e. The molecule has 1 aromatic carbocycles. The highest BCUT2D eigenvalue weighted by Gasteiger charge is 2.24. The van der Waals surface area contributed by atoms with E-state index in [1.165, 1.54) is 17.8 Å². The molecule has 2 amide bonds. The van der Waals surface area contributed by atoms with Crippen molar-refractivity contribution in [3.05, 3.63) is 41.0 Å². The van der Waals surface area contributed by atoms with Crippen molar-refractivity contribution in [1.29, 1.82) is 0 Å². The van der Waals surface area contributed by atoms with Gasteiger partial charge in [-0.05, 0) is 32.9 Å². The van der Waals surface area contributed by atoms with Crippen molar-refractivity contribution >= 4 is 35.3 Å². The Kier molecular flexibility index (Phi) is 8.16. The zero-order valence-corrected chi connectivity index (χ0v) is 20.6. The summed E-state index contributed by atoms with van der Waals surface area (Å²) >= 11 is 6.14. The molecule has 1 saturated heterocycles. The number of esters is 1. The Morgan fingerprint density at radius 1 is 1.12 bits per heavy atom. The lowest BCUT2D eigenvalue weighted by Gasteiger charge is -2.34. The van der Waals surface area contributed by atoms with Crippen LogP contribution in [0.3, 0.4) is 0 Å². The highest BCUT2D eigenvalue weighted by molar-refractivity contribution is 6.30. The van der Waals surface area contributed by atoms with E-state index in [-0.39, 0.29) is 18.5 Å². The lowest BCUT2D eigenvalue weighted by atomic mass is 10.1. The summed E-state index contributed by atoms with van der Waals surface area (Å²) < 4.78 is 12.2. The van der Waals surface area contributed by atoms with Crippen molar-refractivity contribution in [2.45, 2.75) is 39.8 Å². The number of carbonyl (C=O) groups is 3. The van der Waals surface area contributed by atoms with Gasteiger partial charge in [-0.15, -0.1) is 5.10 Å². The van der Waals surface area contributed by atoms with Gasteiger partial charge >= 0.3 is 12.0 Å². The van der Waals surface area contributed by atoms with Crippen LogP contribution in [0.1, 0.15) is 33.3 Å². The maximum atomic E-state index is 12.7. The summed E-state index contributed by atoms with van der Waals surface area (Å²) in [6.07, 6.45) is 1.53. The number of aromatic nitrogens is 2. The molecule has 1 aliphatic heterocycles. The van der Waals surface area contributed by atoms with Crippen molar-refractivity contribution in [3.8, 4) is 5.75 Å². The van der Waals surface area contributed by atoms with Gasteiger partial charge in [0.05, 0.1) is 0 Å². The second kappa shape index (κ2) is 10.9. The molecule has 2 heterocycles. The number of amides is 2. The van der Waals surface area contributed by atoms with Gasteiger partial charge in [-0.2, -0.15) is 4.68 Å². The fourth-order valence-corrected chi connectivity index (χ4v) is 3.62. The van der Waals surface area contributed by atoms with Gasteiger partial charge in [-0.25, -0.2) is 9.59 Å². The van der Waals surface area contributed by atoms with Gasteiger partial charge in [-0.3, -0.25) is 9.69 Å². The second-order valence-electron chi connectivity index (χ2n) is 9.00. The Morgan fingerprint density at radius 2 is 1.82 bits per heavy atom. The summed E-state index contributed by atoms with van der Waals surface area (Å²) in [6, 6.07) is 6.67. The van der Waals surface area contributed by atoms with Crippen LogP contribution in [0.15, 0.2) is 30.5 Å². The minimum absolute atomic E-state index is 0.211. The molecule has 10 nitrogen and oxygen atoms in total. The molecule has 1 aromatic heterocycles. The molecule has 1 fully saturated rings. The van der Waals surface area contributed by atoms with Crippen molar-refractivity contribution in [1.82, 2.24) is 19.6 Å². The van der Waals surface area contributed by atoms with E-state index in [2.05, 4.69) is 15.3 Å². The molecule has 184 valence electrons. The van der Waals surface area contributed by atoms with E-state index < -0.39 is 11.6 Å². The third-order valence-corrected chi connectivity index (χ3v) is 5.16. The first-order valence-electron chi connectivity index (χ1n) is 11.0. The quantitative estimate of drug-likeness (QED) is 0.619. The van der Waals surface area contributed by atoms with Crippen LogP contribution in [0.25, 0.3) is 0 Å². The highest BCUT2D eigenvalue weighted by Crippen LogP contribution is 2.25. The van der Waals surface area contributed by atoms with Gasteiger partial charge < -0.3 is 19.7 Å². The maximum Gasteiger partial charge on any atom is 0.344 e. The van der Waals surface area contributed by atoms with Gasteiger partial charge in [-0.1, -0.05) is 17.7 Å². The van der Waals surface area contributed by atoms with Gasteiger partial charge in [0.25, 0.3) is 0 Å². The van der Waals surface area contributed by atoms with E-state index in [0.717, 1.165) is 5.56 Å². The number of rotatable bonds is 6. The van der Waals surface area contributed by atoms with Gasteiger partial charge in [0.15, 0.2) is 12.4 Å². The Labute approximate surface area is 203 Å². The summed E-state index contributed by atoms with van der Waals surface area (Å²) in [4.78, 5) is 39.8. The first kappa shape index (κ1) is 25.5. The Hall–Kier alpha value is -3.11. The molecule has 0 atom stereocenters. The molecule has 34 heavy (non-hydrogen) atoms. The normalized spacial score (nSPS) is 14.6. The molecule has 0 spiro atoms. The number of benzene rings is 1. The number of hydrogen-bond acceptors (Lipinski definition) is 7. The lowest BCUT2D eigenvalue weighted by Crippen LogP contribution is -2.49. The Bertz CT molecular complexity index is 1040. The average molecular weight is 492 g/mol. The number of nitrogens with one attached hydrogen (secondary N) is 1. The van der Waals surface area contributed by atoms with E-state index in [9.17, 15) is 14.4 Å². The van der Waals surface area contributed by atoms with Crippen LogP contribution < -0.4 is 10.1 Å². The number of anilines is 1. The molecule has 0 unspecified atom stereocenters. The summed E-state index contributed by atoms with van der Waals surface area (Å²) in [5.41, 5.74) is 0.302. The Balaban J connectivity index is 1.55. The fraction of sp³-hybridized carbons (Fsp3) is 0.478. The SMILES string of the molecule is CC(=O)Nc1ccn(C(=O)N2CCN(Cc3ccc(Cl)cc3OCC(=O)OC(C)(C)C)CC2)n1. The molecule has 0 radical (unpaired) electrons. The third-order valence-electron chi connectivity index (χ3n) is 4.92. The van der Waals surface area contributed by atoms with Crippen molar-refractivity contribution < 1.29 is 23.9 Å². The number of nitrogens with zero attached hydrogens (tertiary/aromatic N) is 4. The first-order chi connectivity index (χ1) is 16.0. The van der Waals surface area contributed by atoms with E-state index in [0.29, 0.717) is 49.3 Å². The molecule has 1 N–H and O–H groups in total. The molecule has 1 aliphatic rings. The summed E-state index contributed by atoms with van der Waals surface area (Å²) in [5.74, 6) is 0.161. The van der Waals surface area contributed by atoms with Crippen molar-refractivity contribution in [2.75, 3.05) is 38.1 Å². The minimum atomic E-state index is -0.587. The lowest BCUT2D eigenvalue weighted by molar-refractivity contribution is -0.157. The molecule has 0 bridgehead atoms. The van der Waals surface area contributed by atoms with Crippen LogP contribution in [0.5, 0.6) is 5.75 Å². The van der Waals surface area contributed by atoms with E-state index in [1.807, 2.05) is 6.07 Å². The number of piperazine rings is 1.